The molecule has 0 aliphatic rings. The minimum atomic E-state index is -3.77. The number of amides is 2. The highest BCUT2D eigenvalue weighted by Crippen LogP contribution is 2.15. The molecule has 132 valence electrons. The third kappa shape index (κ3) is 5.56. The molecule has 0 aromatic heterocycles. The Hall–Kier alpha value is -2.42. The second kappa shape index (κ2) is 8.11. The first-order valence-corrected chi connectivity index (χ1v) is 9.15. The van der Waals surface area contributed by atoms with E-state index in [9.17, 15) is 18.0 Å². The van der Waals surface area contributed by atoms with E-state index in [0.29, 0.717) is 16.3 Å². The first kappa shape index (κ1) is 18.9. The van der Waals surface area contributed by atoms with Crippen LogP contribution >= 0.6 is 11.6 Å². The van der Waals surface area contributed by atoms with E-state index in [0.717, 1.165) is 0 Å². The van der Waals surface area contributed by atoms with E-state index in [-0.39, 0.29) is 29.7 Å². The molecule has 2 rings (SSSR count). The smallest absolute Gasteiger partial charge is 0.252 e. The van der Waals surface area contributed by atoms with Crippen molar-refractivity contribution < 1.29 is 18.0 Å². The zero-order valence-corrected chi connectivity index (χ0v) is 14.6. The minimum Gasteiger partial charge on any atom is -0.351 e. The number of rotatable bonds is 6. The summed E-state index contributed by atoms with van der Waals surface area (Å²) < 4.78 is 22.3. The number of nitrogens with two attached hydrogens (primary N) is 1. The van der Waals surface area contributed by atoms with Gasteiger partial charge in [-0.15, -0.1) is 0 Å². The average molecular weight is 382 g/mol. The maximum Gasteiger partial charge on any atom is 0.252 e. The largest absolute Gasteiger partial charge is 0.351 e. The summed E-state index contributed by atoms with van der Waals surface area (Å²) in [7, 11) is -3.77. The third-order valence-corrected chi connectivity index (χ3v) is 4.48. The van der Waals surface area contributed by atoms with Crippen molar-refractivity contribution in [1.82, 2.24) is 5.32 Å². The van der Waals surface area contributed by atoms with Gasteiger partial charge in [-0.3, -0.25) is 9.59 Å². The molecule has 0 aliphatic carbocycles. The lowest BCUT2D eigenvalue weighted by atomic mass is 10.2. The Balaban J connectivity index is 1.83. The maximum absolute atomic E-state index is 11.9. The van der Waals surface area contributed by atoms with Gasteiger partial charge in [0, 0.05) is 18.7 Å². The average Bonchev–Trinajstić information content (AvgIpc) is 2.54. The van der Waals surface area contributed by atoms with Crippen molar-refractivity contribution in [2.24, 2.45) is 5.14 Å². The molecular formula is C16H16ClN3O4S. The molecule has 0 unspecified atom stereocenters. The van der Waals surface area contributed by atoms with Crippen molar-refractivity contribution in [3.63, 3.8) is 0 Å². The predicted molar refractivity (Wildman–Crippen MR) is 94.8 cm³/mol. The van der Waals surface area contributed by atoms with E-state index >= 15 is 0 Å². The van der Waals surface area contributed by atoms with Crippen molar-refractivity contribution in [1.29, 1.82) is 0 Å². The molecule has 0 heterocycles. The summed E-state index contributed by atoms with van der Waals surface area (Å²) in [4.78, 5) is 23.7. The first-order valence-electron chi connectivity index (χ1n) is 7.23. The number of nitrogens with one attached hydrogen (secondary N) is 2. The van der Waals surface area contributed by atoms with E-state index in [1.165, 1.54) is 24.3 Å². The van der Waals surface area contributed by atoms with Crippen molar-refractivity contribution in [2.75, 3.05) is 11.9 Å². The van der Waals surface area contributed by atoms with Crippen molar-refractivity contribution in [3.05, 3.63) is 59.1 Å². The Morgan fingerprint density at radius 3 is 2.28 bits per heavy atom. The van der Waals surface area contributed by atoms with Crippen LogP contribution in [0.5, 0.6) is 0 Å². The topological polar surface area (TPSA) is 118 Å². The highest BCUT2D eigenvalue weighted by molar-refractivity contribution is 7.89. The number of primary sulfonamides is 1. The van der Waals surface area contributed by atoms with Gasteiger partial charge in [-0.1, -0.05) is 23.7 Å². The molecule has 25 heavy (non-hydrogen) atoms. The van der Waals surface area contributed by atoms with Gasteiger partial charge in [0.1, 0.15) is 0 Å². The molecule has 0 spiro atoms. The van der Waals surface area contributed by atoms with Crippen LogP contribution in [0.3, 0.4) is 0 Å². The molecule has 0 fully saturated rings. The van der Waals surface area contributed by atoms with E-state index in [4.69, 9.17) is 16.7 Å². The number of hydrogen-bond acceptors (Lipinski definition) is 4. The minimum absolute atomic E-state index is 0.0440. The second-order valence-corrected chi connectivity index (χ2v) is 7.07. The SMILES string of the molecule is NS(=O)(=O)c1ccc(NC(=O)CCNC(=O)c2ccccc2Cl)cc1. The number of anilines is 1. The molecule has 4 N–H and O–H groups in total. The van der Waals surface area contributed by atoms with Gasteiger partial charge in [-0.25, -0.2) is 13.6 Å². The fourth-order valence-electron chi connectivity index (χ4n) is 1.98. The molecule has 2 aromatic carbocycles. The van der Waals surface area contributed by atoms with Crippen molar-refractivity contribution in [2.45, 2.75) is 11.3 Å². The Morgan fingerprint density at radius 2 is 1.68 bits per heavy atom. The van der Waals surface area contributed by atoms with Crippen LogP contribution in [0.2, 0.25) is 5.02 Å². The summed E-state index contributed by atoms with van der Waals surface area (Å²) >= 11 is 5.92. The van der Waals surface area contributed by atoms with Crippen LogP contribution in [0.25, 0.3) is 0 Å². The lowest BCUT2D eigenvalue weighted by molar-refractivity contribution is -0.116. The molecule has 9 heteroatoms. The van der Waals surface area contributed by atoms with Gasteiger partial charge in [0.15, 0.2) is 0 Å². The lowest BCUT2D eigenvalue weighted by Crippen LogP contribution is -2.27. The quantitative estimate of drug-likeness (QED) is 0.706. The van der Waals surface area contributed by atoms with Crippen LogP contribution in [0.1, 0.15) is 16.8 Å². The zero-order chi connectivity index (χ0) is 18.4. The van der Waals surface area contributed by atoms with Crippen LogP contribution < -0.4 is 15.8 Å². The maximum atomic E-state index is 11.9. The number of halogens is 1. The molecule has 2 aromatic rings. The van der Waals surface area contributed by atoms with Gasteiger partial charge in [0.25, 0.3) is 5.91 Å². The van der Waals surface area contributed by atoms with Gasteiger partial charge in [-0.05, 0) is 36.4 Å². The number of carbonyl (C=O) groups excluding carboxylic acids is 2. The molecule has 7 nitrogen and oxygen atoms in total. The third-order valence-electron chi connectivity index (χ3n) is 3.22. The molecule has 0 saturated carbocycles. The van der Waals surface area contributed by atoms with E-state index in [1.54, 1.807) is 24.3 Å². The number of hydrogen-bond donors (Lipinski definition) is 3. The molecule has 0 saturated heterocycles. The Labute approximate surface area is 150 Å². The van der Waals surface area contributed by atoms with Gasteiger partial charge < -0.3 is 10.6 Å². The highest BCUT2D eigenvalue weighted by atomic mass is 35.5. The molecular weight excluding hydrogens is 366 g/mol. The van der Waals surface area contributed by atoms with Gasteiger partial charge in [0.2, 0.25) is 15.9 Å². The van der Waals surface area contributed by atoms with Crippen LogP contribution in [0.4, 0.5) is 5.69 Å². The summed E-state index contributed by atoms with van der Waals surface area (Å²) in [5.74, 6) is -0.696. The van der Waals surface area contributed by atoms with Crippen molar-refractivity contribution >= 4 is 39.1 Å². The molecule has 2 amide bonds. The first-order chi connectivity index (χ1) is 11.8. The normalized spacial score (nSPS) is 11.0. The molecule has 0 aliphatic heterocycles. The van der Waals surface area contributed by atoms with Crippen LogP contribution in [0, 0.1) is 0 Å². The monoisotopic (exact) mass is 381 g/mol. The number of carbonyl (C=O) groups is 2. The molecule has 0 atom stereocenters. The molecule has 0 bridgehead atoms. The van der Waals surface area contributed by atoms with Crippen molar-refractivity contribution in [3.8, 4) is 0 Å². The Kier molecular flexibility index (Phi) is 6.13. The summed E-state index contributed by atoms with van der Waals surface area (Å²) in [6.45, 7) is 0.130. The highest BCUT2D eigenvalue weighted by Gasteiger charge is 2.11. The fraction of sp³-hybridized carbons (Fsp3) is 0.125. The van der Waals surface area contributed by atoms with Gasteiger partial charge in [-0.2, -0.15) is 0 Å². The summed E-state index contributed by atoms with van der Waals surface area (Å²) in [5, 5.41) is 10.5. The van der Waals surface area contributed by atoms with Gasteiger partial charge >= 0.3 is 0 Å². The van der Waals surface area contributed by atoms with Gasteiger partial charge in [0.05, 0.1) is 15.5 Å². The molecule has 0 radical (unpaired) electrons. The summed E-state index contributed by atoms with van der Waals surface area (Å²) in [5.41, 5.74) is 0.762. The van der Waals surface area contributed by atoms with Crippen LogP contribution in [-0.4, -0.2) is 26.8 Å². The van der Waals surface area contributed by atoms with Crippen LogP contribution in [0.15, 0.2) is 53.4 Å². The second-order valence-electron chi connectivity index (χ2n) is 5.10. The zero-order valence-electron chi connectivity index (χ0n) is 13.0. The van der Waals surface area contributed by atoms with E-state index < -0.39 is 10.0 Å². The lowest BCUT2D eigenvalue weighted by Gasteiger charge is -2.08. The fourth-order valence-corrected chi connectivity index (χ4v) is 2.72. The number of sulfonamides is 1. The standard InChI is InChI=1S/C16H16ClN3O4S/c17-14-4-2-1-3-13(14)16(22)19-10-9-15(21)20-11-5-7-12(8-6-11)25(18,23)24/h1-8H,9-10H2,(H,19,22)(H,20,21)(H2,18,23,24). The summed E-state index contributed by atoms with van der Waals surface area (Å²) in [6.07, 6.45) is 0.0487. The van der Waals surface area contributed by atoms with Crippen LogP contribution in [-0.2, 0) is 14.8 Å². The Morgan fingerprint density at radius 1 is 1.04 bits per heavy atom. The predicted octanol–water partition coefficient (Wildman–Crippen LogP) is 1.75. The summed E-state index contributed by atoms with van der Waals surface area (Å²) in [6, 6.07) is 12.1. The number of benzene rings is 2. The van der Waals surface area contributed by atoms with E-state index in [2.05, 4.69) is 10.6 Å². The Bertz CT molecular complexity index is 883. The van der Waals surface area contributed by atoms with E-state index in [1.807, 2.05) is 0 Å².